The van der Waals surface area contributed by atoms with Crippen molar-refractivity contribution in [2.24, 2.45) is 5.41 Å². The number of anilines is 1. The Kier molecular flexibility index (Phi) is 5.00. The van der Waals surface area contributed by atoms with E-state index in [0.717, 1.165) is 31.0 Å². The van der Waals surface area contributed by atoms with Gasteiger partial charge in [-0.3, -0.25) is 0 Å². The van der Waals surface area contributed by atoms with E-state index >= 15 is 0 Å². The molecule has 1 aromatic heterocycles. The number of hydrogen-bond acceptors (Lipinski definition) is 3. The summed E-state index contributed by atoms with van der Waals surface area (Å²) in [5.41, 5.74) is 1.69. The molecule has 2 rings (SSSR count). The minimum Gasteiger partial charge on any atom is -0.370 e. The van der Waals surface area contributed by atoms with Crippen LogP contribution in [0.3, 0.4) is 0 Å². The van der Waals surface area contributed by atoms with Gasteiger partial charge in [0.2, 0.25) is 0 Å². The average molecular weight is 275 g/mol. The topological polar surface area (TPSA) is 37.8 Å². The van der Waals surface area contributed by atoms with Crippen LogP contribution in [0.2, 0.25) is 0 Å². The van der Waals surface area contributed by atoms with Gasteiger partial charge in [0, 0.05) is 24.2 Å². The fourth-order valence-corrected chi connectivity index (χ4v) is 3.01. The Balaban J connectivity index is 2.17. The van der Waals surface area contributed by atoms with Crippen LogP contribution in [-0.2, 0) is 6.42 Å². The van der Waals surface area contributed by atoms with E-state index in [4.69, 9.17) is 9.97 Å². The molecule has 0 aromatic carbocycles. The maximum Gasteiger partial charge on any atom is 0.134 e. The molecule has 0 radical (unpaired) electrons. The molecule has 1 aromatic rings. The molecule has 0 saturated heterocycles. The Morgan fingerprint density at radius 3 is 2.50 bits per heavy atom. The van der Waals surface area contributed by atoms with Crippen molar-refractivity contribution in [1.29, 1.82) is 0 Å². The van der Waals surface area contributed by atoms with Gasteiger partial charge in [-0.25, -0.2) is 9.97 Å². The lowest BCUT2D eigenvalue weighted by Crippen LogP contribution is -2.22. The lowest BCUT2D eigenvalue weighted by atomic mass is 9.73. The molecular weight excluding hydrogens is 246 g/mol. The smallest absolute Gasteiger partial charge is 0.134 e. The Hall–Kier alpha value is -1.12. The van der Waals surface area contributed by atoms with Crippen LogP contribution in [0.5, 0.6) is 0 Å². The van der Waals surface area contributed by atoms with Crippen molar-refractivity contribution < 1.29 is 0 Å². The van der Waals surface area contributed by atoms with Gasteiger partial charge in [0.25, 0.3) is 0 Å². The normalized spacial score (nSPS) is 19.0. The zero-order valence-corrected chi connectivity index (χ0v) is 13.5. The lowest BCUT2D eigenvalue weighted by Gasteiger charge is -2.33. The van der Waals surface area contributed by atoms with Gasteiger partial charge >= 0.3 is 0 Å². The molecule has 112 valence electrons. The van der Waals surface area contributed by atoms with Gasteiger partial charge in [-0.15, -0.1) is 0 Å². The van der Waals surface area contributed by atoms with Gasteiger partial charge in [0.15, 0.2) is 0 Å². The van der Waals surface area contributed by atoms with Crippen LogP contribution in [-0.4, -0.2) is 16.5 Å². The van der Waals surface area contributed by atoms with E-state index in [9.17, 15) is 0 Å². The van der Waals surface area contributed by atoms with Crippen LogP contribution in [0.15, 0.2) is 6.07 Å². The van der Waals surface area contributed by atoms with Crippen molar-refractivity contribution in [3.05, 3.63) is 17.6 Å². The molecule has 0 atom stereocenters. The summed E-state index contributed by atoms with van der Waals surface area (Å²) in [6, 6.07) is 2.11. The molecule has 0 amide bonds. The van der Waals surface area contributed by atoms with Crippen LogP contribution in [0.1, 0.15) is 77.2 Å². The Labute approximate surface area is 123 Å². The maximum absolute atomic E-state index is 4.83. The Bertz CT molecular complexity index is 406. The van der Waals surface area contributed by atoms with Gasteiger partial charge in [0.05, 0.1) is 0 Å². The monoisotopic (exact) mass is 275 g/mol. The van der Waals surface area contributed by atoms with Crippen molar-refractivity contribution in [2.45, 2.75) is 72.1 Å². The number of aromatic nitrogens is 2. The van der Waals surface area contributed by atoms with E-state index in [1.807, 2.05) is 0 Å². The van der Waals surface area contributed by atoms with Crippen LogP contribution in [0.25, 0.3) is 0 Å². The van der Waals surface area contributed by atoms with E-state index in [2.05, 4.69) is 39.1 Å². The summed E-state index contributed by atoms with van der Waals surface area (Å²) in [5, 5.41) is 3.35. The lowest BCUT2D eigenvalue weighted by molar-refractivity contribution is 0.220. The zero-order valence-electron chi connectivity index (χ0n) is 13.5. The molecule has 1 N–H and O–H groups in total. The molecule has 3 heteroatoms. The molecule has 0 unspecified atom stereocenters. The van der Waals surface area contributed by atoms with Crippen molar-refractivity contribution in [1.82, 2.24) is 9.97 Å². The fraction of sp³-hybridized carbons (Fsp3) is 0.765. The van der Waals surface area contributed by atoms with E-state index in [1.165, 1.54) is 31.4 Å². The highest BCUT2D eigenvalue weighted by Crippen LogP contribution is 2.41. The summed E-state index contributed by atoms with van der Waals surface area (Å²) in [7, 11) is 0. The molecule has 1 saturated carbocycles. The van der Waals surface area contributed by atoms with Crippen molar-refractivity contribution in [3.8, 4) is 0 Å². The van der Waals surface area contributed by atoms with Gasteiger partial charge in [-0.1, -0.05) is 27.2 Å². The molecule has 0 spiro atoms. The molecule has 20 heavy (non-hydrogen) atoms. The third kappa shape index (κ3) is 3.94. The molecule has 0 aliphatic heterocycles. The molecule has 1 fully saturated rings. The summed E-state index contributed by atoms with van der Waals surface area (Å²) in [6.45, 7) is 9.99. The van der Waals surface area contributed by atoms with Crippen LogP contribution in [0, 0.1) is 5.41 Å². The number of hydrogen-bond donors (Lipinski definition) is 1. The van der Waals surface area contributed by atoms with E-state index in [0.29, 0.717) is 11.3 Å². The molecule has 0 bridgehead atoms. The van der Waals surface area contributed by atoms with Crippen molar-refractivity contribution in [2.75, 3.05) is 11.9 Å². The first-order chi connectivity index (χ1) is 9.54. The molecular formula is C17H29N3. The first-order valence-corrected chi connectivity index (χ1v) is 8.16. The van der Waals surface area contributed by atoms with Gasteiger partial charge in [0.1, 0.15) is 11.6 Å². The second-order valence-electron chi connectivity index (χ2n) is 6.82. The Morgan fingerprint density at radius 1 is 1.20 bits per heavy atom. The van der Waals surface area contributed by atoms with E-state index < -0.39 is 0 Å². The van der Waals surface area contributed by atoms with Crippen molar-refractivity contribution >= 4 is 5.82 Å². The maximum atomic E-state index is 4.83. The first-order valence-electron chi connectivity index (χ1n) is 8.16. The first kappa shape index (κ1) is 15.3. The fourth-order valence-electron chi connectivity index (χ4n) is 3.01. The zero-order chi connectivity index (χ0) is 14.6. The summed E-state index contributed by atoms with van der Waals surface area (Å²) in [5.74, 6) is 2.63. The summed E-state index contributed by atoms with van der Waals surface area (Å²) < 4.78 is 0. The highest BCUT2D eigenvalue weighted by molar-refractivity contribution is 5.36. The predicted molar refractivity (Wildman–Crippen MR) is 85.2 cm³/mol. The second-order valence-corrected chi connectivity index (χ2v) is 6.82. The molecule has 3 nitrogen and oxygen atoms in total. The van der Waals surface area contributed by atoms with Crippen LogP contribution < -0.4 is 5.32 Å². The van der Waals surface area contributed by atoms with Gasteiger partial charge in [-0.2, -0.15) is 0 Å². The number of nitrogens with one attached hydrogen (secondary N) is 1. The predicted octanol–water partition coefficient (Wildman–Crippen LogP) is 4.54. The summed E-state index contributed by atoms with van der Waals surface area (Å²) in [4.78, 5) is 9.58. The standard InChI is InChI=1S/C17H29N3/c1-5-7-14-12-15(18-6-2)20-16(19-14)13-8-10-17(3,4)11-9-13/h12-13H,5-11H2,1-4H3,(H,18,19,20). The SMILES string of the molecule is CCCc1cc(NCC)nc(C2CCC(C)(C)CC2)n1. The number of rotatable bonds is 5. The molecule has 1 heterocycles. The largest absolute Gasteiger partial charge is 0.370 e. The minimum absolute atomic E-state index is 0.502. The third-order valence-electron chi connectivity index (χ3n) is 4.36. The second kappa shape index (κ2) is 6.55. The summed E-state index contributed by atoms with van der Waals surface area (Å²) in [6.07, 6.45) is 7.22. The summed E-state index contributed by atoms with van der Waals surface area (Å²) >= 11 is 0. The highest BCUT2D eigenvalue weighted by Gasteiger charge is 2.29. The van der Waals surface area contributed by atoms with E-state index in [-0.39, 0.29) is 0 Å². The van der Waals surface area contributed by atoms with Crippen LogP contribution in [0.4, 0.5) is 5.82 Å². The van der Waals surface area contributed by atoms with E-state index in [1.54, 1.807) is 0 Å². The quantitative estimate of drug-likeness (QED) is 0.857. The minimum atomic E-state index is 0.502. The molecule has 1 aliphatic rings. The van der Waals surface area contributed by atoms with Crippen LogP contribution >= 0.6 is 0 Å². The number of nitrogens with zero attached hydrogens (tertiary/aromatic N) is 2. The third-order valence-corrected chi connectivity index (χ3v) is 4.36. The Morgan fingerprint density at radius 2 is 1.90 bits per heavy atom. The van der Waals surface area contributed by atoms with Gasteiger partial charge < -0.3 is 5.32 Å². The highest BCUT2D eigenvalue weighted by atomic mass is 15.0. The van der Waals surface area contributed by atoms with Gasteiger partial charge in [-0.05, 0) is 44.4 Å². The molecule has 1 aliphatic carbocycles. The average Bonchev–Trinajstić information content (AvgIpc) is 2.39. The number of aryl methyl sites for hydroxylation is 1. The van der Waals surface area contributed by atoms with Crippen molar-refractivity contribution in [3.63, 3.8) is 0 Å².